The Kier molecular flexibility index (Phi) is 5.33. The summed E-state index contributed by atoms with van der Waals surface area (Å²) < 4.78 is 5.33. The Labute approximate surface area is 90.7 Å². The molecule has 1 heterocycles. The molecule has 2 unspecified atom stereocenters. The van der Waals surface area contributed by atoms with Crippen LogP contribution < -0.4 is 5.32 Å². The van der Waals surface area contributed by atoms with E-state index in [9.17, 15) is 0 Å². The zero-order valence-corrected chi connectivity index (χ0v) is 10.1. The first-order valence-corrected chi connectivity index (χ1v) is 6.29. The van der Waals surface area contributed by atoms with Gasteiger partial charge in [0.1, 0.15) is 0 Å². The molecule has 1 rings (SSSR count). The third-order valence-electron chi connectivity index (χ3n) is 2.13. The van der Waals surface area contributed by atoms with Crippen molar-refractivity contribution in [3.63, 3.8) is 0 Å². The van der Waals surface area contributed by atoms with Gasteiger partial charge in [0.2, 0.25) is 0 Å². The molecule has 0 saturated heterocycles. The van der Waals surface area contributed by atoms with Crippen LogP contribution in [0, 0.1) is 0 Å². The van der Waals surface area contributed by atoms with E-state index in [1.54, 1.807) is 0 Å². The molecule has 2 atom stereocenters. The van der Waals surface area contributed by atoms with Gasteiger partial charge in [-0.3, -0.25) is 4.99 Å². The molecule has 0 aromatic heterocycles. The lowest BCUT2D eigenvalue weighted by atomic mass is 10.3. The molecule has 1 aliphatic rings. The molecule has 0 aromatic carbocycles. The van der Waals surface area contributed by atoms with Gasteiger partial charge in [0.15, 0.2) is 5.17 Å². The van der Waals surface area contributed by atoms with Crippen molar-refractivity contribution in [1.82, 2.24) is 5.32 Å². The smallest absolute Gasteiger partial charge is 0.157 e. The van der Waals surface area contributed by atoms with Gasteiger partial charge in [-0.2, -0.15) is 0 Å². The second-order valence-electron chi connectivity index (χ2n) is 3.51. The van der Waals surface area contributed by atoms with E-state index in [1.807, 2.05) is 18.7 Å². The number of amidine groups is 1. The summed E-state index contributed by atoms with van der Waals surface area (Å²) in [5.74, 6) is 1.13. The molecule has 14 heavy (non-hydrogen) atoms. The highest BCUT2D eigenvalue weighted by atomic mass is 32.2. The minimum Gasteiger partial charge on any atom is -0.380 e. The number of thioether (sulfide) groups is 1. The number of ether oxygens (including phenoxy) is 1. The van der Waals surface area contributed by atoms with Crippen molar-refractivity contribution in [3.8, 4) is 0 Å². The van der Waals surface area contributed by atoms with Gasteiger partial charge in [0, 0.05) is 18.4 Å². The average Bonchev–Trinajstić information content (AvgIpc) is 2.62. The van der Waals surface area contributed by atoms with Gasteiger partial charge in [-0.25, -0.2) is 0 Å². The molecule has 0 aromatic rings. The van der Waals surface area contributed by atoms with E-state index >= 15 is 0 Å². The first kappa shape index (κ1) is 11.9. The number of aliphatic imine (C=N–C) groups is 1. The summed E-state index contributed by atoms with van der Waals surface area (Å²) in [5, 5.41) is 4.45. The van der Waals surface area contributed by atoms with E-state index in [2.05, 4.69) is 24.2 Å². The first-order valence-electron chi connectivity index (χ1n) is 5.31. The van der Waals surface area contributed by atoms with Crippen LogP contribution in [-0.2, 0) is 4.74 Å². The molecule has 4 heteroatoms. The zero-order valence-electron chi connectivity index (χ0n) is 9.25. The molecule has 0 bridgehead atoms. The van der Waals surface area contributed by atoms with Gasteiger partial charge in [-0.1, -0.05) is 18.7 Å². The van der Waals surface area contributed by atoms with Gasteiger partial charge in [0.05, 0.1) is 12.6 Å². The summed E-state index contributed by atoms with van der Waals surface area (Å²) in [7, 11) is 0. The fourth-order valence-corrected chi connectivity index (χ4v) is 2.42. The third kappa shape index (κ3) is 3.88. The Hall–Kier alpha value is -0.220. The Balaban J connectivity index is 2.23. The summed E-state index contributed by atoms with van der Waals surface area (Å²) >= 11 is 1.82. The Morgan fingerprint density at radius 2 is 2.43 bits per heavy atom. The average molecular weight is 216 g/mol. The molecule has 0 aliphatic carbocycles. The topological polar surface area (TPSA) is 33.6 Å². The van der Waals surface area contributed by atoms with E-state index in [4.69, 9.17) is 4.74 Å². The van der Waals surface area contributed by atoms with Crippen LogP contribution in [0.5, 0.6) is 0 Å². The predicted octanol–water partition coefficient (Wildman–Crippen LogP) is 1.88. The lowest BCUT2D eigenvalue weighted by Crippen LogP contribution is -2.33. The van der Waals surface area contributed by atoms with Crippen LogP contribution in [0.2, 0.25) is 0 Å². The number of rotatable bonds is 5. The summed E-state index contributed by atoms with van der Waals surface area (Å²) in [6, 6.07) is 0.874. The van der Waals surface area contributed by atoms with Crippen LogP contribution in [-0.4, -0.2) is 36.2 Å². The Bertz CT molecular complexity index is 197. The van der Waals surface area contributed by atoms with Crippen molar-refractivity contribution in [1.29, 1.82) is 0 Å². The largest absolute Gasteiger partial charge is 0.380 e. The SMILES string of the molecule is CCOCC(C)NC1=NC(CC)CS1. The molecule has 1 N–H and O–H groups in total. The van der Waals surface area contributed by atoms with Crippen molar-refractivity contribution in [3.05, 3.63) is 0 Å². The second-order valence-corrected chi connectivity index (χ2v) is 4.52. The fraction of sp³-hybridized carbons (Fsp3) is 0.900. The quantitative estimate of drug-likeness (QED) is 0.762. The highest BCUT2D eigenvalue weighted by Crippen LogP contribution is 2.18. The minimum atomic E-state index is 0.358. The molecular formula is C10H20N2OS. The summed E-state index contributed by atoms with van der Waals surface area (Å²) in [6.07, 6.45) is 1.14. The van der Waals surface area contributed by atoms with E-state index in [-0.39, 0.29) is 0 Å². The highest BCUT2D eigenvalue weighted by molar-refractivity contribution is 8.14. The summed E-state index contributed by atoms with van der Waals surface area (Å²) in [5.41, 5.74) is 0. The van der Waals surface area contributed by atoms with E-state index in [1.165, 1.54) is 0 Å². The maximum atomic E-state index is 5.33. The van der Waals surface area contributed by atoms with Gasteiger partial charge in [-0.05, 0) is 20.3 Å². The van der Waals surface area contributed by atoms with Crippen LogP contribution in [0.4, 0.5) is 0 Å². The van der Waals surface area contributed by atoms with Crippen LogP contribution in [0.3, 0.4) is 0 Å². The van der Waals surface area contributed by atoms with Crippen molar-refractivity contribution in [2.75, 3.05) is 19.0 Å². The molecule has 0 fully saturated rings. The van der Waals surface area contributed by atoms with Crippen LogP contribution in [0.1, 0.15) is 27.2 Å². The molecule has 82 valence electrons. The number of hydrogen-bond acceptors (Lipinski definition) is 4. The number of nitrogens with zero attached hydrogens (tertiary/aromatic N) is 1. The number of hydrogen-bond donors (Lipinski definition) is 1. The second kappa shape index (κ2) is 6.30. The van der Waals surface area contributed by atoms with Crippen LogP contribution in [0.15, 0.2) is 4.99 Å². The number of nitrogens with one attached hydrogen (secondary N) is 1. The molecule has 1 aliphatic heterocycles. The standard InChI is InChI=1S/C10H20N2OS/c1-4-9-7-14-10(12-9)11-8(3)6-13-5-2/h8-9H,4-7H2,1-3H3,(H,11,12). The molecular weight excluding hydrogens is 196 g/mol. The molecule has 0 saturated carbocycles. The van der Waals surface area contributed by atoms with E-state index < -0.39 is 0 Å². The Morgan fingerprint density at radius 3 is 3.00 bits per heavy atom. The van der Waals surface area contributed by atoms with Gasteiger partial charge < -0.3 is 10.1 Å². The molecule has 0 amide bonds. The zero-order chi connectivity index (χ0) is 10.4. The molecule has 0 spiro atoms. The van der Waals surface area contributed by atoms with E-state index in [0.29, 0.717) is 12.1 Å². The fourth-order valence-electron chi connectivity index (χ4n) is 1.25. The molecule has 3 nitrogen and oxygen atoms in total. The maximum absolute atomic E-state index is 5.33. The lowest BCUT2D eigenvalue weighted by molar-refractivity contribution is 0.133. The van der Waals surface area contributed by atoms with Crippen molar-refractivity contribution in [2.24, 2.45) is 4.99 Å². The lowest BCUT2D eigenvalue weighted by Gasteiger charge is -2.13. The maximum Gasteiger partial charge on any atom is 0.157 e. The van der Waals surface area contributed by atoms with Gasteiger partial charge in [0.25, 0.3) is 0 Å². The van der Waals surface area contributed by atoms with Gasteiger partial charge in [-0.15, -0.1) is 0 Å². The van der Waals surface area contributed by atoms with Crippen molar-refractivity contribution < 1.29 is 4.74 Å². The van der Waals surface area contributed by atoms with Crippen LogP contribution >= 0.6 is 11.8 Å². The predicted molar refractivity (Wildman–Crippen MR) is 63.1 cm³/mol. The highest BCUT2D eigenvalue weighted by Gasteiger charge is 2.17. The first-order chi connectivity index (χ1) is 6.76. The summed E-state index contributed by atoms with van der Waals surface area (Å²) in [6.45, 7) is 7.86. The monoisotopic (exact) mass is 216 g/mol. The molecule has 0 radical (unpaired) electrons. The third-order valence-corrected chi connectivity index (χ3v) is 3.17. The van der Waals surface area contributed by atoms with Crippen molar-refractivity contribution >= 4 is 16.9 Å². The van der Waals surface area contributed by atoms with Gasteiger partial charge >= 0.3 is 0 Å². The van der Waals surface area contributed by atoms with Crippen LogP contribution in [0.25, 0.3) is 0 Å². The normalized spacial score (nSPS) is 23.4. The Morgan fingerprint density at radius 1 is 1.64 bits per heavy atom. The van der Waals surface area contributed by atoms with Crippen molar-refractivity contribution in [2.45, 2.75) is 39.3 Å². The van der Waals surface area contributed by atoms with E-state index in [0.717, 1.165) is 30.6 Å². The minimum absolute atomic E-state index is 0.358. The summed E-state index contributed by atoms with van der Waals surface area (Å²) in [4.78, 5) is 4.57.